The second-order valence-electron chi connectivity index (χ2n) is 10.7. The highest BCUT2D eigenvalue weighted by Gasteiger charge is 2.49. The van der Waals surface area contributed by atoms with Crippen LogP contribution in [0.2, 0.25) is 0 Å². The number of rotatable bonds is 14. The number of benzene rings is 2. The molecule has 1 aliphatic carbocycles. The minimum Gasteiger partial charge on any atom is -0.444 e. The maximum absolute atomic E-state index is 13.5. The zero-order chi connectivity index (χ0) is 30.9. The molecule has 1 fully saturated rings. The lowest BCUT2D eigenvalue weighted by atomic mass is 9.97. The summed E-state index contributed by atoms with van der Waals surface area (Å²) in [6, 6.07) is 15.6. The van der Waals surface area contributed by atoms with Gasteiger partial charge in [0.2, 0.25) is 5.82 Å². The van der Waals surface area contributed by atoms with Gasteiger partial charge < -0.3 is 9.47 Å². The third-order valence-corrected chi connectivity index (χ3v) is 7.72. The van der Waals surface area contributed by atoms with Gasteiger partial charge in [0, 0.05) is 12.0 Å². The number of tetrazole rings is 1. The predicted molar refractivity (Wildman–Crippen MR) is 156 cm³/mol. The van der Waals surface area contributed by atoms with Gasteiger partial charge in [0.05, 0.1) is 31.8 Å². The molecule has 1 amide bonds. The van der Waals surface area contributed by atoms with Crippen molar-refractivity contribution < 1.29 is 34.3 Å². The van der Waals surface area contributed by atoms with Gasteiger partial charge in [-0.3, -0.25) is 25.1 Å². The molecule has 1 aliphatic heterocycles. The lowest BCUT2D eigenvalue weighted by Gasteiger charge is -2.23. The first-order chi connectivity index (χ1) is 21.4. The largest absolute Gasteiger partial charge is 0.453 e. The molecule has 1 aromatic heterocycles. The van der Waals surface area contributed by atoms with E-state index in [1.54, 1.807) is 0 Å². The Hall–Kier alpha value is -4.08. The van der Waals surface area contributed by atoms with Crippen LogP contribution >= 0.6 is 0 Å². The van der Waals surface area contributed by atoms with E-state index in [0.29, 0.717) is 12.1 Å². The quantitative estimate of drug-likeness (QED) is 0.199. The van der Waals surface area contributed by atoms with Crippen LogP contribution in [0.5, 0.6) is 0 Å². The minimum atomic E-state index is -0.819. The first-order valence-corrected chi connectivity index (χ1v) is 14.9. The van der Waals surface area contributed by atoms with Crippen LogP contribution in [-0.4, -0.2) is 90.7 Å². The fourth-order valence-corrected chi connectivity index (χ4v) is 5.53. The molecule has 14 nitrogen and oxygen atoms in total. The molecule has 234 valence electrons. The summed E-state index contributed by atoms with van der Waals surface area (Å²) < 4.78 is 10.3. The summed E-state index contributed by atoms with van der Waals surface area (Å²) in [7, 11) is 0. The van der Waals surface area contributed by atoms with Crippen molar-refractivity contribution in [1.29, 1.82) is 0 Å². The Balaban J connectivity index is 1.22. The van der Waals surface area contributed by atoms with Crippen LogP contribution in [0.4, 0.5) is 4.79 Å². The average molecular weight is 608 g/mol. The Morgan fingerprint density at radius 3 is 2.45 bits per heavy atom. The van der Waals surface area contributed by atoms with Crippen LogP contribution in [0.1, 0.15) is 57.4 Å². The number of unbranched alkanes of at least 4 members (excludes halogenated alkanes) is 1. The number of amidine groups is 1. The molecule has 1 spiro atoms. The van der Waals surface area contributed by atoms with Crippen molar-refractivity contribution in [2.45, 2.75) is 64.0 Å². The van der Waals surface area contributed by atoms with Gasteiger partial charge in [-0.1, -0.05) is 79.5 Å². The fraction of sp³-hybridized carbons (Fsp3) is 0.467. The molecule has 5 rings (SSSR count). The second kappa shape index (κ2) is 14.6. The second-order valence-corrected chi connectivity index (χ2v) is 10.7. The monoisotopic (exact) mass is 607 g/mol. The number of aromatic nitrogens is 4. The number of carbonyl (C=O) groups excluding carboxylic acids is 2. The van der Waals surface area contributed by atoms with E-state index in [9.17, 15) is 9.59 Å². The van der Waals surface area contributed by atoms with Gasteiger partial charge in [0.1, 0.15) is 18.0 Å². The van der Waals surface area contributed by atoms with Crippen molar-refractivity contribution in [2.75, 3.05) is 26.4 Å². The maximum atomic E-state index is 13.5. The van der Waals surface area contributed by atoms with E-state index < -0.39 is 17.0 Å². The molecule has 2 N–H and O–H groups in total. The molecule has 0 saturated heterocycles. The van der Waals surface area contributed by atoms with Gasteiger partial charge >= 0.3 is 6.09 Å². The molecule has 0 atom stereocenters. The first-order valence-electron chi connectivity index (χ1n) is 14.9. The van der Waals surface area contributed by atoms with Gasteiger partial charge in [0.15, 0.2) is 0 Å². The molecule has 1 saturated carbocycles. The van der Waals surface area contributed by atoms with E-state index in [1.165, 1.54) is 0 Å². The molecule has 14 heteroatoms. The predicted octanol–water partition coefficient (Wildman–Crippen LogP) is 4.26. The van der Waals surface area contributed by atoms with Crippen LogP contribution in [0.25, 0.3) is 22.5 Å². The topological polar surface area (TPSA) is 165 Å². The Morgan fingerprint density at radius 1 is 1.00 bits per heavy atom. The number of amides is 1. The number of aliphatic imine (C=N–C) groups is 1. The molecule has 44 heavy (non-hydrogen) atoms. The number of hydrogen-bond acceptors (Lipinski definition) is 12. The lowest BCUT2D eigenvalue weighted by molar-refractivity contribution is -0.493. The Morgan fingerprint density at radius 2 is 1.73 bits per heavy atom. The third-order valence-electron chi connectivity index (χ3n) is 7.72. The highest BCUT2D eigenvalue weighted by atomic mass is 17.1. The Kier molecular flexibility index (Phi) is 10.4. The fourth-order valence-electron chi connectivity index (χ4n) is 5.53. The van der Waals surface area contributed by atoms with Crippen molar-refractivity contribution in [1.82, 2.24) is 30.5 Å². The van der Waals surface area contributed by atoms with Gasteiger partial charge in [-0.15, -0.1) is 10.2 Å². The van der Waals surface area contributed by atoms with Gasteiger partial charge in [0.25, 0.3) is 5.91 Å². The SMILES string of the molecule is CCCCC1=NC2(CCCC2)C(=O)N1Cc1ccc(-c2ccccc2-c2nnn(C(=O)OCCOCCON(O)O)n2)cc1. The Labute approximate surface area is 254 Å². The highest BCUT2D eigenvalue weighted by molar-refractivity contribution is 6.08. The summed E-state index contributed by atoms with van der Waals surface area (Å²) in [6.45, 7) is 2.60. The summed E-state index contributed by atoms with van der Waals surface area (Å²) in [5, 5.41) is 28.6. The molecule has 0 bridgehead atoms. The lowest BCUT2D eigenvalue weighted by Crippen LogP contribution is -2.40. The van der Waals surface area contributed by atoms with Crippen molar-refractivity contribution in [3.8, 4) is 22.5 Å². The number of hydrogen-bond donors (Lipinski definition) is 2. The molecular weight excluding hydrogens is 570 g/mol. The summed E-state index contributed by atoms with van der Waals surface area (Å²) in [5.41, 5.74) is 2.95. The maximum Gasteiger partial charge on any atom is 0.453 e. The number of nitrogens with zero attached hydrogens (tertiary/aromatic N) is 7. The molecule has 2 aliphatic rings. The van der Waals surface area contributed by atoms with E-state index in [2.05, 4.69) is 27.2 Å². The molecular formula is C30H37N7O7. The Bertz CT molecular complexity index is 1450. The normalized spacial score (nSPS) is 15.9. The van der Waals surface area contributed by atoms with Gasteiger partial charge in [-0.05, 0) is 41.2 Å². The van der Waals surface area contributed by atoms with Crippen LogP contribution in [-0.2, 0) is 25.7 Å². The number of carbonyl (C=O) groups is 2. The molecule has 2 heterocycles. The molecule has 0 radical (unpaired) electrons. The van der Waals surface area contributed by atoms with E-state index in [4.69, 9.17) is 24.9 Å². The van der Waals surface area contributed by atoms with Crippen LogP contribution in [0.15, 0.2) is 53.5 Å². The molecule has 0 unspecified atom stereocenters. The smallest absolute Gasteiger partial charge is 0.444 e. The third kappa shape index (κ3) is 7.34. The number of ether oxygens (including phenoxy) is 2. The van der Waals surface area contributed by atoms with E-state index in [-0.39, 0.29) is 38.2 Å². The van der Waals surface area contributed by atoms with E-state index in [1.807, 2.05) is 53.4 Å². The van der Waals surface area contributed by atoms with Gasteiger partial charge in [-0.2, -0.15) is 0 Å². The summed E-state index contributed by atoms with van der Waals surface area (Å²) >= 11 is 0. The van der Waals surface area contributed by atoms with Crippen LogP contribution in [0.3, 0.4) is 0 Å². The average Bonchev–Trinajstić information content (AvgIpc) is 3.77. The van der Waals surface area contributed by atoms with Crippen molar-refractivity contribution >= 4 is 17.8 Å². The van der Waals surface area contributed by atoms with Crippen molar-refractivity contribution in [3.63, 3.8) is 0 Å². The first kappa shape index (κ1) is 31.3. The van der Waals surface area contributed by atoms with Crippen LogP contribution < -0.4 is 0 Å². The summed E-state index contributed by atoms with van der Waals surface area (Å²) in [5.74, 6) is 1.32. The van der Waals surface area contributed by atoms with Crippen LogP contribution in [0, 0.1) is 0 Å². The zero-order valence-corrected chi connectivity index (χ0v) is 24.7. The summed E-state index contributed by atoms with van der Waals surface area (Å²) in [6.07, 6.45) is 5.83. The minimum absolute atomic E-state index is 0.0595. The molecule has 3 aromatic rings. The highest BCUT2D eigenvalue weighted by Crippen LogP contribution is 2.40. The summed E-state index contributed by atoms with van der Waals surface area (Å²) in [4.78, 5) is 37.9. The molecule has 2 aromatic carbocycles. The zero-order valence-electron chi connectivity index (χ0n) is 24.7. The van der Waals surface area contributed by atoms with Crippen molar-refractivity contribution in [3.05, 3.63) is 54.1 Å². The van der Waals surface area contributed by atoms with Crippen molar-refractivity contribution in [2.24, 2.45) is 4.99 Å². The van der Waals surface area contributed by atoms with E-state index in [0.717, 1.165) is 72.3 Å². The standard InChI is InChI=1S/C30H37N7O7/c1-2-3-10-26-31-30(15-6-7-16-30)28(38)35(26)21-22-11-13-23(14-12-22)24-8-4-5-9-25(24)27-32-34-36(33-27)29(39)43-19-17-42-18-20-44-37(40)41/h4-5,8-9,11-14,40-41H,2-3,6-7,10,15-21H2,1H3. The van der Waals surface area contributed by atoms with E-state index >= 15 is 0 Å². The van der Waals surface area contributed by atoms with Gasteiger partial charge in [-0.25, -0.2) is 9.63 Å².